The van der Waals surface area contributed by atoms with Crippen LogP contribution in [0.5, 0.6) is 0 Å². The van der Waals surface area contributed by atoms with Gasteiger partial charge >= 0.3 is 0 Å². The first-order valence-corrected chi connectivity index (χ1v) is 7.14. The number of hydrogen-bond donors (Lipinski definition) is 1. The van der Waals surface area contributed by atoms with Crippen LogP contribution in [0, 0.1) is 0 Å². The van der Waals surface area contributed by atoms with E-state index >= 15 is 0 Å². The van der Waals surface area contributed by atoms with Gasteiger partial charge in [-0.2, -0.15) is 0 Å². The molecule has 1 N–H and O–H groups in total. The second-order valence-electron chi connectivity index (χ2n) is 5.53. The monoisotopic (exact) mass is 270 g/mol. The molecule has 1 atom stereocenters. The predicted octanol–water partition coefficient (Wildman–Crippen LogP) is 1.32. The zero-order valence-corrected chi connectivity index (χ0v) is 12.4. The van der Waals surface area contributed by atoms with Gasteiger partial charge in [-0.25, -0.2) is 0 Å². The van der Waals surface area contributed by atoms with Crippen LogP contribution in [0.1, 0.15) is 47.0 Å². The molecule has 0 aromatic heterocycles. The van der Waals surface area contributed by atoms with Crippen molar-refractivity contribution in [3.05, 3.63) is 0 Å². The Labute approximate surface area is 115 Å². The normalized spacial score (nSPS) is 20.1. The van der Waals surface area contributed by atoms with Crippen molar-refractivity contribution < 1.29 is 14.3 Å². The highest BCUT2D eigenvalue weighted by molar-refractivity contribution is 6.05. The molecule has 1 aliphatic rings. The Morgan fingerprint density at radius 3 is 2.47 bits per heavy atom. The van der Waals surface area contributed by atoms with Crippen molar-refractivity contribution in [2.45, 2.75) is 65.1 Å². The van der Waals surface area contributed by atoms with E-state index in [9.17, 15) is 9.59 Å². The number of likely N-dealkylation sites (tertiary alicyclic amines) is 1. The first-order valence-electron chi connectivity index (χ1n) is 7.14. The van der Waals surface area contributed by atoms with Crippen LogP contribution in [0.3, 0.4) is 0 Å². The highest BCUT2D eigenvalue weighted by Crippen LogP contribution is 2.16. The molecule has 1 heterocycles. The highest BCUT2D eigenvalue weighted by Gasteiger charge is 2.39. The standard InChI is InChI=1S/C14H26N2O3/c1-10(2)16-13(17)9-12(14(16)18)15-7-5-6-8-19-11(3)4/h10-12,15H,5-9H2,1-4H3. The molecular weight excluding hydrogens is 244 g/mol. The number of rotatable bonds is 8. The van der Waals surface area contributed by atoms with Crippen LogP contribution in [-0.4, -0.2) is 48.1 Å². The van der Waals surface area contributed by atoms with Crippen LogP contribution < -0.4 is 5.32 Å². The van der Waals surface area contributed by atoms with Gasteiger partial charge in [0.15, 0.2) is 0 Å². The van der Waals surface area contributed by atoms with Gasteiger partial charge < -0.3 is 10.1 Å². The molecule has 1 rings (SSSR count). The molecule has 0 aromatic rings. The van der Waals surface area contributed by atoms with Crippen molar-refractivity contribution in [2.75, 3.05) is 13.2 Å². The van der Waals surface area contributed by atoms with Crippen LogP contribution in [0.2, 0.25) is 0 Å². The van der Waals surface area contributed by atoms with Crippen molar-refractivity contribution >= 4 is 11.8 Å². The zero-order valence-electron chi connectivity index (χ0n) is 12.4. The smallest absolute Gasteiger partial charge is 0.247 e. The molecule has 0 aromatic carbocycles. The van der Waals surface area contributed by atoms with E-state index in [0.29, 0.717) is 6.42 Å². The summed E-state index contributed by atoms with van der Waals surface area (Å²) in [4.78, 5) is 25.0. The van der Waals surface area contributed by atoms with Gasteiger partial charge in [0.25, 0.3) is 0 Å². The Morgan fingerprint density at radius 1 is 1.26 bits per heavy atom. The van der Waals surface area contributed by atoms with Gasteiger partial charge in [-0.15, -0.1) is 0 Å². The Balaban J connectivity index is 2.20. The average Bonchev–Trinajstić information content (AvgIpc) is 2.58. The van der Waals surface area contributed by atoms with Crippen molar-refractivity contribution in [3.8, 4) is 0 Å². The third kappa shape index (κ3) is 4.91. The third-order valence-corrected chi connectivity index (χ3v) is 3.11. The number of hydrogen-bond acceptors (Lipinski definition) is 4. The van der Waals surface area contributed by atoms with Crippen molar-refractivity contribution in [3.63, 3.8) is 0 Å². The fraction of sp³-hybridized carbons (Fsp3) is 0.857. The van der Waals surface area contributed by atoms with Crippen LogP contribution in [-0.2, 0) is 14.3 Å². The molecule has 0 saturated carbocycles. The van der Waals surface area contributed by atoms with Gasteiger partial charge in [0.05, 0.1) is 18.6 Å². The Morgan fingerprint density at radius 2 is 1.95 bits per heavy atom. The minimum absolute atomic E-state index is 0.0498. The maximum atomic E-state index is 12.0. The Bertz CT molecular complexity index is 316. The van der Waals surface area contributed by atoms with E-state index in [2.05, 4.69) is 5.32 Å². The van der Waals surface area contributed by atoms with E-state index in [-0.39, 0.29) is 30.0 Å². The van der Waals surface area contributed by atoms with Gasteiger partial charge in [0.2, 0.25) is 11.8 Å². The second kappa shape index (κ2) is 7.60. The summed E-state index contributed by atoms with van der Waals surface area (Å²) in [5.74, 6) is -0.154. The summed E-state index contributed by atoms with van der Waals surface area (Å²) in [5, 5.41) is 3.17. The molecule has 5 nitrogen and oxygen atoms in total. The molecule has 1 saturated heterocycles. The van der Waals surface area contributed by atoms with Crippen LogP contribution in [0.4, 0.5) is 0 Å². The van der Waals surface area contributed by atoms with Gasteiger partial charge in [-0.05, 0) is 47.1 Å². The number of ether oxygens (including phenoxy) is 1. The van der Waals surface area contributed by atoms with Gasteiger partial charge in [-0.1, -0.05) is 0 Å². The maximum Gasteiger partial charge on any atom is 0.247 e. The first-order chi connectivity index (χ1) is 8.93. The van der Waals surface area contributed by atoms with Crippen molar-refractivity contribution in [1.29, 1.82) is 0 Å². The fourth-order valence-electron chi connectivity index (χ4n) is 2.18. The Hall–Kier alpha value is -0.940. The first kappa shape index (κ1) is 16.1. The molecule has 110 valence electrons. The van der Waals surface area contributed by atoms with Crippen molar-refractivity contribution in [1.82, 2.24) is 10.2 Å². The minimum atomic E-state index is -0.332. The highest BCUT2D eigenvalue weighted by atomic mass is 16.5. The lowest BCUT2D eigenvalue weighted by Gasteiger charge is -2.19. The molecule has 1 aliphatic heterocycles. The number of unbranched alkanes of at least 4 members (excludes halogenated alkanes) is 1. The van der Waals surface area contributed by atoms with E-state index in [1.165, 1.54) is 4.90 Å². The minimum Gasteiger partial charge on any atom is -0.379 e. The van der Waals surface area contributed by atoms with Crippen LogP contribution in [0.25, 0.3) is 0 Å². The van der Waals surface area contributed by atoms with Crippen LogP contribution in [0.15, 0.2) is 0 Å². The average molecular weight is 270 g/mol. The molecule has 5 heteroatoms. The maximum absolute atomic E-state index is 12.0. The summed E-state index contributed by atoms with van der Waals surface area (Å²) in [7, 11) is 0. The summed E-state index contributed by atoms with van der Waals surface area (Å²) in [6.45, 7) is 9.25. The molecule has 1 unspecified atom stereocenters. The van der Waals surface area contributed by atoms with Gasteiger partial charge in [-0.3, -0.25) is 14.5 Å². The molecule has 2 amide bonds. The molecule has 0 spiro atoms. The molecular formula is C14H26N2O3. The molecule has 0 bridgehead atoms. The van der Waals surface area contributed by atoms with E-state index in [0.717, 1.165) is 26.0 Å². The van der Waals surface area contributed by atoms with E-state index < -0.39 is 0 Å². The molecule has 19 heavy (non-hydrogen) atoms. The second-order valence-corrected chi connectivity index (χ2v) is 5.53. The third-order valence-electron chi connectivity index (χ3n) is 3.11. The summed E-state index contributed by atoms with van der Waals surface area (Å²) in [5.41, 5.74) is 0. The quantitative estimate of drug-likeness (QED) is 0.534. The lowest BCUT2D eigenvalue weighted by Crippen LogP contribution is -2.42. The fourth-order valence-corrected chi connectivity index (χ4v) is 2.18. The number of nitrogens with one attached hydrogen (secondary N) is 1. The summed E-state index contributed by atoms with van der Waals surface area (Å²) < 4.78 is 5.44. The van der Waals surface area contributed by atoms with Crippen LogP contribution >= 0.6 is 0 Å². The number of carbonyl (C=O) groups excluding carboxylic acids is 2. The van der Waals surface area contributed by atoms with E-state index in [1.807, 2.05) is 27.7 Å². The topological polar surface area (TPSA) is 58.6 Å². The molecule has 0 radical (unpaired) electrons. The number of carbonyl (C=O) groups is 2. The summed E-state index contributed by atoms with van der Waals surface area (Å²) in [6, 6.07) is -0.382. The SMILES string of the molecule is CC(C)OCCCCNC1CC(=O)N(C(C)C)C1=O. The lowest BCUT2D eigenvalue weighted by atomic mass is 10.2. The molecule has 1 fully saturated rings. The Kier molecular flexibility index (Phi) is 6.45. The summed E-state index contributed by atoms with van der Waals surface area (Å²) >= 11 is 0. The summed E-state index contributed by atoms with van der Waals surface area (Å²) in [6.07, 6.45) is 2.47. The number of amides is 2. The molecule has 0 aliphatic carbocycles. The predicted molar refractivity (Wildman–Crippen MR) is 73.7 cm³/mol. The van der Waals surface area contributed by atoms with E-state index in [1.54, 1.807) is 0 Å². The largest absolute Gasteiger partial charge is 0.379 e. The van der Waals surface area contributed by atoms with Gasteiger partial charge in [0.1, 0.15) is 0 Å². The number of nitrogens with zero attached hydrogens (tertiary/aromatic N) is 1. The number of imide groups is 1. The van der Waals surface area contributed by atoms with E-state index in [4.69, 9.17) is 4.74 Å². The van der Waals surface area contributed by atoms with Gasteiger partial charge in [0, 0.05) is 12.6 Å². The zero-order chi connectivity index (χ0) is 14.4. The lowest BCUT2D eigenvalue weighted by molar-refractivity contribution is -0.140. The van der Waals surface area contributed by atoms with Crippen molar-refractivity contribution in [2.24, 2.45) is 0 Å².